The van der Waals surface area contributed by atoms with E-state index in [1.807, 2.05) is 43.3 Å². The van der Waals surface area contributed by atoms with Crippen LogP contribution in [0.1, 0.15) is 34.0 Å². The Labute approximate surface area is 200 Å². The van der Waals surface area contributed by atoms with E-state index in [1.54, 1.807) is 25.3 Å². The van der Waals surface area contributed by atoms with Crippen LogP contribution in [0.2, 0.25) is 0 Å². The van der Waals surface area contributed by atoms with Crippen LogP contribution in [0.4, 0.5) is 0 Å². The number of nitriles is 1. The Morgan fingerprint density at radius 2 is 1.73 bits per heavy atom. The second-order valence-corrected chi connectivity index (χ2v) is 7.81. The van der Waals surface area contributed by atoms with E-state index in [0.29, 0.717) is 28.2 Å². The maximum Gasteiger partial charge on any atom is 0.335 e. The number of methoxy groups -OCH3 is 1. The number of allylic oxidation sites excluding steroid dienone is 1. The Hall–Kier alpha value is -3.76. The van der Waals surface area contributed by atoms with E-state index in [1.165, 1.54) is 12.1 Å². The average Bonchev–Trinajstić information content (AvgIpc) is 2.82. The van der Waals surface area contributed by atoms with Gasteiger partial charge in [-0.1, -0.05) is 12.1 Å². The van der Waals surface area contributed by atoms with Gasteiger partial charge in [-0.3, -0.25) is 0 Å². The largest absolute Gasteiger partial charge is 0.497 e. The molecule has 7 heteroatoms. The Balaban J connectivity index is 1.87. The van der Waals surface area contributed by atoms with E-state index in [-0.39, 0.29) is 12.2 Å². The van der Waals surface area contributed by atoms with Crippen LogP contribution in [0, 0.1) is 11.3 Å². The molecule has 0 aliphatic carbocycles. The number of hydrogen-bond acceptors (Lipinski definition) is 5. The van der Waals surface area contributed by atoms with Crippen LogP contribution in [0.15, 0.2) is 65.1 Å². The Kier molecular flexibility index (Phi) is 8.11. The third-order valence-corrected chi connectivity index (χ3v) is 5.34. The summed E-state index contributed by atoms with van der Waals surface area (Å²) in [5.41, 5.74) is 3.09. The molecular formula is C26H22BrNO5. The summed E-state index contributed by atoms with van der Waals surface area (Å²) in [7, 11) is 1.59. The summed E-state index contributed by atoms with van der Waals surface area (Å²) in [6.07, 6.45) is 1.78. The molecule has 0 heterocycles. The summed E-state index contributed by atoms with van der Waals surface area (Å²) in [5, 5.41) is 18.7. The van der Waals surface area contributed by atoms with Gasteiger partial charge in [0.15, 0.2) is 11.5 Å². The zero-order chi connectivity index (χ0) is 23.8. The van der Waals surface area contributed by atoms with Crippen molar-refractivity contribution >= 4 is 33.5 Å². The number of aromatic carboxylic acids is 1. The molecule has 0 amide bonds. The fraction of sp³-hybridized carbons (Fsp3) is 0.154. The first-order valence-corrected chi connectivity index (χ1v) is 10.9. The molecule has 0 spiro atoms. The van der Waals surface area contributed by atoms with Gasteiger partial charge in [0.25, 0.3) is 0 Å². The number of benzene rings is 3. The quantitative estimate of drug-likeness (QED) is 0.274. The summed E-state index contributed by atoms with van der Waals surface area (Å²) < 4.78 is 17.6. The van der Waals surface area contributed by atoms with Gasteiger partial charge in [-0.05, 0) is 94.2 Å². The van der Waals surface area contributed by atoms with Crippen molar-refractivity contribution in [3.8, 4) is 23.3 Å². The lowest BCUT2D eigenvalue weighted by Crippen LogP contribution is -2.02. The van der Waals surface area contributed by atoms with E-state index in [2.05, 4.69) is 22.0 Å². The molecule has 0 fully saturated rings. The number of ether oxygens (including phenoxy) is 3. The summed E-state index contributed by atoms with van der Waals surface area (Å²) in [6, 6.07) is 19.7. The molecule has 0 radical (unpaired) electrons. The molecule has 168 valence electrons. The van der Waals surface area contributed by atoms with Gasteiger partial charge in [0.2, 0.25) is 0 Å². The Morgan fingerprint density at radius 1 is 1.06 bits per heavy atom. The molecular weight excluding hydrogens is 486 g/mol. The predicted octanol–water partition coefficient (Wildman–Crippen LogP) is 6.20. The van der Waals surface area contributed by atoms with Crippen molar-refractivity contribution in [2.24, 2.45) is 0 Å². The molecule has 0 saturated heterocycles. The number of carboxylic acid groups (broad SMARTS) is 1. The second kappa shape index (κ2) is 11.2. The molecule has 0 aliphatic heterocycles. The SMILES string of the molecule is CCOc1cc(/C=C(\C#N)c2ccc(OC)cc2)cc(Br)c1OCc1ccc(C(=O)O)cc1. The van der Waals surface area contributed by atoms with Crippen molar-refractivity contribution in [2.45, 2.75) is 13.5 Å². The van der Waals surface area contributed by atoms with E-state index in [0.717, 1.165) is 22.4 Å². The van der Waals surface area contributed by atoms with Crippen LogP contribution in [0.3, 0.4) is 0 Å². The summed E-state index contributed by atoms with van der Waals surface area (Å²) in [6.45, 7) is 2.55. The first-order chi connectivity index (χ1) is 15.9. The zero-order valence-electron chi connectivity index (χ0n) is 18.2. The van der Waals surface area contributed by atoms with E-state index >= 15 is 0 Å². The molecule has 0 aromatic heterocycles. The lowest BCUT2D eigenvalue weighted by Gasteiger charge is -2.15. The molecule has 6 nitrogen and oxygen atoms in total. The van der Waals surface area contributed by atoms with Crippen molar-refractivity contribution in [2.75, 3.05) is 13.7 Å². The van der Waals surface area contributed by atoms with Gasteiger partial charge in [-0.25, -0.2) is 4.79 Å². The lowest BCUT2D eigenvalue weighted by atomic mass is 10.0. The summed E-state index contributed by atoms with van der Waals surface area (Å²) in [4.78, 5) is 11.0. The molecule has 33 heavy (non-hydrogen) atoms. The molecule has 1 N–H and O–H groups in total. The smallest absolute Gasteiger partial charge is 0.335 e. The van der Waals surface area contributed by atoms with Crippen LogP contribution < -0.4 is 14.2 Å². The monoisotopic (exact) mass is 507 g/mol. The molecule has 0 saturated carbocycles. The van der Waals surface area contributed by atoms with Crippen LogP contribution in [0.25, 0.3) is 11.6 Å². The Bertz CT molecular complexity index is 1200. The van der Waals surface area contributed by atoms with Gasteiger partial charge >= 0.3 is 5.97 Å². The number of nitrogens with zero attached hydrogens (tertiary/aromatic N) is 1. The number of rotatable bonds is 9. The van der Waals surface area contributed by atoms with E-state index in [4.69, 9.17) is 19.3 Å². The van der Waals surface area contributed by atoms with Crippen molar-refractivity contribution in [3.05, 3.63) is 87.4 Å². The molecule has 0 aliphatic rings. The standard InChI is InChI=1S/C26H22BrNO5/c1-3-32-24-14-18(12-21(15-28)19-8-10-22(31-2)11-9-19)13-23(27)25(24)33-16-17-4-6-20(7-5-17)26(29)30/h4-14H,3,16H2,1-2H3,(H,29,30)/b21-12+. The van der Waals surface area contributed by atoms with Crippen molar-refractivity contribution in [1.29, 1.82) is 5.26 Å². The highest BCUT2D eigenvalue weighted by Crippen LogP contribution is 2.38. The maximum absolute atomic E-state index is 11.0. The number of carbonyl (C=O) groups is 1. The normalized spacial score (nSPS) is 10.9. The third-order valence-electron chi connectivity index (χ3n) is 4.75. The highest BCUT2D eigenvalue weighted by atomic mass is 79.9. The van der Waals surface area contributed by atoms with Crippen LogP contribution >= 0.6 is 15.9 Å². The minimum absolute atomic E-state index is 0.219. The van der Waals surface area contributed by atoms with Gasteiger partial charge in [-0.15, -0.1) is 0 Å². The van der Waals surface area contributed by atoms with Crippen LogP contribution in [-0.4, -0.2) is 24.8 Å². The van der Waals surface area contributed by atoms with Gasteiger partial charge in [0.05, 0.1) is 35.4 Å². The average molecular weight is 508 g/mol. The van der Waals surface area contributed by atoms with Gasteiger partial charge in [-0.2, -0.15) is 5.26 Å². The topological polar surface area (TPSA) is 88.8 Å². The third kappa shape index (κ3) is 6.15. The first-order valence-electron chi connectivity index (χ1n) is 10.1. The lowest BCUT2D eigenvalue weighted by molar-refractivity contribution is 0.0697. The second-order valence-electron chi connectivity index (χ2n) is 6.95. The predicted molar refractivity (Wildman–Crippen MR) is 130 cm³/mol. The fourth-order valence-corrected chi connectivity index (χ4v) is 3.66. The first kappa shape index (κ1) is 23.9. The number of hydrogen-bond donors (Lipinski definition) is 1. The minimum Gasteiger partial charge on any atom is -0.497 e. The summed E-state index contributed by atoms with van der Waals surface area (Å²) >= 11 is 3.55. The number of carboxylic acids is 1. The molecule has 0 atom stereocenters. The van der Waals surface area contributed by atoms with Crippen molar-refractivity contribution in [1.82, 2.24) is 0 Å². The number of halogens is 1. The van der Waals surface area contributed by atoms with Gasteiger partial charge in [0, 0.05) is 0 Å². The van der Waals surface area contributed by atoms with Gasteiger partial charge < -0.3 is 19.3 Å². The van der Waals surface area contributed by atoms with E-state index < -0.39 is 5.97 Å². The highest BCUT2D eigenvalue weighted by molar-refractivity contribution is 9.10. The minimum atomic E-state index is -0.973. The van der Waals surface area contributed by atoms with Crippen LogP contribution in [0.5, 0.6) is 17.2 Å². The van der Waals surface area contributed by atoms with E-state index in [9.17, 15) is 10.1 Å². The Morgan fingerprint density at radius 3 is 2.30 bits per heavy atom. The molecule has 3 aromatic rings. The zero-order valence-corrected chi connectivity index (χ0v) is 19.8. The van der Waals surface area contributed by atoms with Gasteiger partial charge in [0.1, 0.15) is 12.4 Å². The van der Waals surface area contributed by atoms with Crippen molar-refractivity contribution in [3.63, 3.8) is 0 Å². The summed E-state index contributed by atoms with van der Waals surface area (Å²) in [5.74, 6) is 0.807. The molecule has 0 bridgehead atoms. The van der Waals surface area contributed by atoms with Crippen LogP contribution in [-0.2, 0) is 6.61 Å². The molecule has 0 unspecified atom stereocenters. The van der Waals surface area contributed by atoms with Crippen molar-refractivity contribution < 1.29 is 24.1 Å². The maximum atomic E-state index is 11.0. The molecule has 3 aromatic carbocycles. The fourth-order valence-electron chi connectivity index (χ4n) is 3.09. The highest BCUT2D eigenvalue weighted by Gasteiger charge is 2.13. The molecule has 3 rings (SSSR count).